The minimum absolute atomic E-state index is 0.808. The van der Waals surface area contributed by atoms with Crippen molar-refractivity contribution in [3.05, 3.63) is 51.9 Å². The van der Waals surface area contributed by atoms with Crippen LogP contribution in [-0.2, 0) is 0 Å². The van der Waals surface area contributed by atoms with E-state index in [0.717, 1.165) is 5.02 Å². The molecule has 2 rings (SSSR count). The maximum absolute atomic E-state index is 5.96. The lowest BCUT2D eigenvalue weighted by molar-refractivity contribution is 0.709. The molecule has 0 amide bonds. The second-order valence-electron chi connectivity index (χ2n) is 5.24. The van der Waals surface area contributed by atoms with E-state index < -0.39 is 0 Å². The summed E-state index contributed by atoms with van der Waals surface area (Å²) in [6.07, 6.45) is 13.7. The molecule has 0 saturated heterocycles. The molecule has 0 bridgehead atoms. The number of unbranched alkanes of at least 4 members (excludes halogenated alkanes) is 2. The predicted molar refractivity (Wildman–Crippen MR) is 91.5 cm³/mol. The van der Waals surface area contributed by atoms with Crippen LogP contribution in [0, 0.1) is 0 Å². The maximum Gasteiger partial charge on any atom is 0.0406 e. The molecule has 0 saturated carbocycles. The van der Waals surface area contributed by atoms with Gasteiger partial charge in [0, 0.05) is 14.8 Å². The third kappa shape index (κ3) is 5.03. The molecule has 0 N–H and O–H groups in total. The van der Waals surface area contributed by atoms with Crippen LogP contribution in [0.2, 0.25) is 5.02 Å². The average Bonchev–Trinajstić information content (AvgIpc) is 2.49. The van der Waals surface area contributed by atoms with Crippen molar-refractivity contribution in [1.82, 2.24) is 0 Å². The third-order valence-electron chi connectivity index (χ3n) is 3.54. The number of thioether (sulfide) groups is 1. The highest BCUT2D eigenvalue weighted by Crippen LogP contribution is 2.37. The van der Waals surface area contributed by atoms with E-state index in [1.165, 1.54) is 54.7 Å². The number of hydrogen-bond donors (Lipinski definition) is 0. The van der Waals surface area contributed by atoms with Crippen molar-refractivity contribution >= 4 is 23.4 Å². The number of halogens is 1. The van der Waals surface area contributed by atoms with E-state index in [1.807, 2.05) is 23.9 Å². The van der Waals surface area contributed by atoms with E-state index in [1.54, 1.807) is 5.57 Å². The van der Waals surface area contributed by atoms with Crippen molar-refractivity contribution in [2.75, 3.05) is 0 Å². The Kier molecular flexibility index (Phi) is 6.75. The molecule has 0 aromatic heterocycles. The first-order valence-electron chi connectivity index (χ1n) is 7.62. The van der Waals surface area contributed by atoms with Crippen molar-refractivity contribution < 1.29 is 0 Å². The van der Waals surface area contributed by atoms with Crippen LogP contribution < -0.4 is 0 Å². The fourth-order valence-electron chi connectivity index (χ4n) is 2.37. The van der Waals surface area contributed by atoms with Crippen LogP contribution in [0.3, 0.4) is 0 Å². The Balaban J connectivity index is 2.11. The molecule has 1 aliphatic rings. The van der Waals surface area contributed by atoms with Crippen LogP contribution in [0.1, 0.15) is 51.9 Å². The fourth-order valence-corrected chi connectivity index (χ4v) is 3.54. The Bertz CT molecular complexity index is 471. The second kappa shape index (κ2) is 8.59. The van der Waals surface area contributed by atoms with Crippen LogP contribution in [0.4, 0.5) is 0 Å². The zero-order valence-corrected chi connectivity index (χ0v) is 13.8. The first kappa shape index (κ1) is 15.7. The van der Waals surface area contributed by atoms with E-state index in [2.05, 4.69) is 31.2 Å². The van der Waals surface area contributed by atoms with Crippen molar-refractivity contribution in [2.45, 2.75) is 56.8 Å². The molecule has 1 aromatic carbocycles. The molecular formula is C18H23ClS. The molecule has 0 fully saturated rings. The lowest BCUT2D eigenvalue weighted by Crippen LogP contribution is -1.94. The van der Waals surface area contributed by atoms with Gasteiger partial charge in [0.2, 0.25) is 0 Å². The SMILES string of the molecule is CCCC/C=C(\Sc1ccc(Cl)cc1)C1=CCCCC1. The van der Waals surface area contributed by atoms with Crippen molar-refractivity contribution in [3.8, 4) is 0 Å². The largest absolute Gasteiger partial charge is 0.0902 e. The molecule has 20 heavy (non-hydrogen) atoms. The molecule has 2 heteroatoms. The first-order chi connectivity index (χ1) is 9.79. The van der Waals surface area contributed by atoms with E-state index in [4.69, 9.17) is 11.6 Å². The topological polar surface area (TPSA) is 0 Å². The number of allylic oxidation sites excluding steroid dienone is 3. The van der Waals surface area contributed by atoms with Gasteiger partial charge in [-0.2, -0.15) is 0 Å². The third-order valence-corrected chi connectivity index (χ3v) is 4.94. The number of rotatable bonds is 6. The van der Waals surface area contributed by atoms with E-state index in [9.17, 15) is 0 Å². The van der Waals surface area contributed by atoms with Gasteiger partial charge in [-0.1, -0.05) is 55.3 Å². The van der Waals surface area contributed by atoms with Gasteiger partial charge in [-0.25, -0.2) is 0 Å². The highest BCUT2D eigenvalue weighted by Gasteiger charge is 2.10. The number of benzene rings is 1. The number of hydrogen-bond acceptors (Lipinski definition) is 1. The second-order valence-corrected chi connectivity index (χ2v) is 6.79. The molecule has 1 aliphatic carbocycles. The van der Waals surface area contributed by atoms with Gasteiger partial charge >= 0.3 is 0 Å². The Labute approximate surface area is 132 Å². The molecule has 1 aromatic rings. The summed E-state index contributed by atoms with van der Waals surface area (Å²) in [5.74, 6) is 0. The average molecular weight is 307 g/mol. The lowest BCUT2D eigenvalue weighted by atomic mass is 9.99. The van der Waals surface area contributed by atoms with Crippen LogP contribution >= 0.6 is 23.4 Å². The minimum Gasteiger partial charge on any atom is -0.0902 e. The van der Waals surface area contributed by atoms with Crippen LogP contribution in [-0.4, -0.2) is 0 Å². The molecule has 0 radical (unpaired) electrons. The molecule has 0 atom stereocenters. The molecule has 0 spiro atoms. The van der Waals surface area contributed by atoms with Crippen molar-refractivity contribution in [2.24, 2.45) is 0 Å². The quantitative estimate of drug-likeness (QED) is 0.402. The van der Waals surface area contributed by atoms with Gasteiger partial charge < -0.3 is 0 Å². The summed E-state index contributed by atoms with van der Waals surface area (Å²) in [6, 6.07) is 8.18. The van der Waals surface area contributed by atoms with Crippen molar-refractivity contribution in [3.63, 3.8) is 0 Å². The Morgan fingerprint density at radius 3 is 2.70 bits per heavy atom. The highest BCUT2D eigenvalue weighted by atomic mass is 35.5. The van der Waals surface area contributed by atoms with Gasteiger partial charge in [-0.15, -0.1) is 0 Å². The normalized spacial score (nSPS) is 16.1. The summed E-state index contributed by atoms with van der Waals surface area (Å²) in [5.41, 5.74) is 1.55. The predicted octanol–water partition coefficient (Wildman–Crippen LogP) is 7.01. The highest BCUT2D eigenvalue weighted by molar-refractivity contribution is 8.03. The van der Waals surface area contributed by atoms with Crippen molar-refractivity contribution in [1.29, 1.82) is 0 Å². The van der Waals surface area contributed by atoms with Gasteiger partial charge in [0.1, 0.15) is 0 Å². The Morgan fingerprint density at radius 2 is 2.05 bits per heavy atom. The van der Waals surface area contributed by atoms with E-state index in [-0.39, 0.29) is 0 Å². The summed E-state index contributed by atoms with van der Waals surface area (Å²) in [5, 5.41) is 0.808. The van der Waals surface area contributed by atoms with Gasteiger partial charge in [-0.3, -0.25) is 0 Å². The molecule has 0 nitrogen and oxygen atoms in total. The fraction of sp³-hybridized carbons (Fsp3) is 0.444. The van der Waals surface area contributed by atoms with Crippen LogP contribution in [0.15, 0.2) is 51.8 Å². The van der Waals surface area contributed by atoms with Crippen LogP contribution in [0.5, 0.6) is 0 Å². The molecule has 108 valence electrons. The Morgan fingerprint density at radius 1 is 1.25 bits per heavy atom. The summed E-state index contributed by atoms with van der Waals surface area (Å²) >= 11 is 7.85. The zero-order chi connectivity index (χ0) is 14.2. The lowest BCUT2D eigenvalue weighted by Gasteiger charge is -2.16. The smallest absolute Gasteiger partial charge is 0.0406 e. The van der Waals surface area contributed by atoms with Gasteiger partial charge in [0.15, 0.2) is 0 Å². The van der Waals surface area contributed by atoms with Gasteiger partial charge in [-0.05, 0) is 61.9 Å². The summed E-state index contributed by atoms with van der Waals surface area (Å²) < 4.78 is 0. The summed E-state index contributed by atoms with van der Waals surface area (Å²) in [4.78, 5) is 2.74. The van der Waals surface area contributed by atoms with E-state index in [0.29, 0.717) is 0 Å². The molecule has 0 unspecified atom stereocenters. The summed E-state index contributed by atoms with van der Waals surface area (Å²) in [7, 11) is 0. The first-order valence-corrected chi connectivity index (χ1v) is 8.82. The minimum atomic E-state index is 0.808. The molecule has 0 aliphatic heterocycles. The summed E-state index contributed by atoms with van der Waals surface area (Å²) in [6.45, 7) is 2.25. The zero-order valence-electron chi connectivity index (χ0n) is 12.2. The molecule has 0 heterocycles. The van der Waals surface area contributed by atoms with Crippen LogP contribution in [0.25, 0.3) is 0 Å². The van der Waals surface area contributed by atoms with Gasteiger partial charge in [0.25, 0.3) is 0 Å². The standard InChI is InChI=1S/C18H23ClS/c1-2-3-5-10-18(15-8-6-4-7-9-15)20-17-13-11-16(19)12-14-17/h8,10-14H,2-7,9H2,1H3/b18-10-. The monoisotopic (exact) mass is 306 g/mol. The van der Waals surface area contributed by atoms with Gasteiger partial charge in [0.05, 0.1) is 0 Å². The maximum atomic E-state index is 5.96. The molecular weight excluding hydrogens is 284 g/mol. The van der Waals surface area contributed by atoms with E-state index >= 15 is 0 Å². The Hall–Kier alpha value is -0.660.